The molecule has 1 aliphatic heterocycles. The summed E-state index contributed by atoms with van der Waals surface area (Å²) in [7, 11) is 1.49. The van der Waals surface area contributed by atoms with Crippen LogP contribution in [0.25, 0.3) is 0 Å². The average Bonchev–Trinajstić information content (AvgIpc) is 2.99. The Hall–Kier alpha value is -5.20. The van der Waals surface area contributed by atoms with Gasteiger partial charge >= 0.3 is 5.97 Å². The lowest BCUT2D eigenvalue weighted by molar-refractivity contribution is -0.136. The summed E-state index contributed by atoms with van der Waals surface area (Å²) in [6, 6.07) is 25.0. The predicted molar refractivity (Wildman–Crippen MR) is 152 cm³/mol. The second-order valence-corrected chi connectivity index (χ2v) is 9.57. The molecule has 0 aliphatic carbocycles. The minimum absolute atomic E-state index is 0.00498. The topological polar surface area (TPSA) is 113 Å². The van der Waals surface area contributed by atoms with Gasteiger partial charge in [0.15, 0.2) is 18.1 Å². The Balaban J connectivity index is 1.36. The molecule has 0 aromatic heterocycles. The summed E-state index contributed by atoms with van der Waals surface area (Å²) >= 11 is 5.87. The number of halogens is 2. The summed E-state index contributed by atoms with van der Waals surface area (Å²) < 4.78 is 42.0. The van der Waals surface area contributed by atoms with Crippen LogP contribution in [-0.4, -0.2) is 19.7 Å². The molecule has 5 rings (SSSR count). The number of hydrogen-bond donors (Lipinski definition) is 1. The van der Waals surface area contributed by atoms with Crippen LogP contribution in [0.2, 0.25) is 5.02 Å². The predicted octanol–water partition coefficient (Wildman–Crippen LogP) is 6.27. The number of nitriles is 1. The maximum atomic E-state index is 14.1. The molecule has 0 spiro atoms. The third kappa shape index (κ3) is 6.24. The van der Waals surface area contributed by atoms with Crippen molar-refractivity contribution in [3.05, 3.63) is 124 Å². The first-order valence-corrected chi connectivity index (χ1v) is 13.1. The van der Waals surface area contributed by atoms with Crippen LogP contribution in [0, 0.1) is 17.1 Å². The molecular weight excluding hydrogens is 563 g/mol. The molecule has 0 amide bonds. The van der Waals surface area contributed by atoms with E-state index in [2.05, 4.69) is 6.07 Å². The molecule has 0 fully saturated rings. The Morgan fingerprint density at radius 3 is 2.50 bits per heavy atom. The van der Waals surface area contributed by atoms with Crippen molar-refractivity contribution >= 4 is 17.6 Å². The van der Waals surface area contributed by atoms with Crippen molar-refractivity contribution in [3.8, 4) is 34.8 Å². The maximum absolute atomic E-state index is 14.1. The van der Waals surface area contributed by atoms with Gasteiger partial charge in [-0.15, -0.1) is 0 Å². The highest BCUT2D eigenvalue weighted by atomic mass is 35.5. The second kappa shape index (κ2) is 12.5. The summed E-state index contributed by atoms with van der Waals surface area (Å²) in [6.07, 6.45) is 0. The van der Waals surface area contributed by atoms with Crippen LogP contribution in [0.4, 0.5) is 4.39 Å². The normalized spacial score (nSPS) is 13.8. The zero-order valence-corrected chi connectivity index (χ0v) is 23.1. The molecule has 1 atom stereocenters. The number of rotatable bonds is 9. The van der Waals surface area contributed by atoms with Crippen molar-refractivity contribution < 1.29 is 32.9 Å². The number of nitrogens with two attached hydrogens (primary N) is 1. The van der Waals surface area contributed by atoms with Crippen LogP contribution < -0.4 is 29.4 Å². The minimum atomic E-state index is -0.630. The van der Waals surface area contributed by atoms with Crippen molar-refractivity contribution in [2.24, 2.45) is 5.73 Å². The van der Waals surface area contributed by atoms with Crippen LogP contribution in [-0.2, 0) is 11.4 Å². The Bertz CT molecular complexity index is 1700. The van der Waals surface area contributed by atoms with Crippen molar-refractivity contribution in [1.29, 1.82) is 5.26 Å². The SMILES string of the molecule is COc1cc(C2C(C#N)=C(N)Oc3cc(OC(=O)COc4ccc(Cl)cc4)ccc32)ccc1OCc1ccccc1F. The van der Waals surface area contributed by atoms with Crippen LogP contribution in [0.15, 0.2) is 96.4 Å². The summed E-state index contributed by atoms with van der Waals surface area (Å²) in [6.45, 7) is -0.320. The van der Waals surface area contributed by atoms with E-state index in [4.69, 9.17) is 41.0 Å². The van der Waals surface area contributed by atoms with E-state index in [-0.39, 0.29) is 36.2 Å². The maximum Gasteiger partial charge on any atom is 0.349 e. The third-order valence-electron chi connectivity index (χ3n) is 6.45. The minimum Gasteiger partial charge on any atom is -0.493 e. The van der Waals surface area contributed by atoms with Gasteiger partial charge in [0, 0.05) is 22.2 Å². The van der Waals surface area contributed by atoms with Crippen LogP contribution >= 0.6 is 11.6 Å². The first-order valence-electron chi connectivity index (χ1n) is 12.7. The van der Waals surface area contributed by atoms with Crippen molar-refractivity contribution in [3.63, 3.8) is 0 Å². The standard InChI is InChI=1S/C32H24ClFN2O6/c1-38-29-14-19(6-13-27(29)40-17-20-4-2-3-5-26(20)34)31-24-12-11-23(15-28(24)42-32(36)25(31)16-35)41-30(37)18-39-22-9-7-21(33)8-10-22/h2-15,31H,17-18,36H2,1H3. The fraction of sp³-hybridized carbons (Fsp3) is 0.125. The fourth-order valence-electron chi connectivity index (χ4n) is 4.43. The lowest BCUT2D eigenvalue weighted by atomic mass is 9.83. The molecule has 4 aromatic rings. The van der Waals surface area contributed by atoms with Gasteiger partial charge in [-0.25, -0.2) is 9.18 Å². The summed E-state index contributed by atoms with van der Waals surface area (Å²) in [5.41, 5.74) is 8.04. The molecule has 10 heteroatoms. The first kappa shape index (κ1) is 28.3. The number of allylic oxidation sites excluding steroid dienone is 1. The van der Waals surface area contributed by atoms with Gasteiger partial charge in [-0.2, -0.15) is 5.26 Å². The molecule has 0 radical (unpaired) electrons. The molecule has 1 aliphatic rings. The number of methoxy groups -OCH3 is 1. The summed E-state index contributed by atoms with van der Waals surface area (Å²) in [4.78, 5) is 12.4. The molecule has 1 heterocycles. The van der Waals surface area contributed by atoms with Gasteiger partial charge in [-0.3, -0.25) is 0 Å². The Labute approximate surface area is 246 Å². The van der Waals surface area contributed by atoms with Gasteiger partial charge in [-0.05, 0) is 54.1 Å². The molecule has 0 saturated carbocycles. The first-order chi connectivity index (χ1) is 20.4. The van der Waals surface area contributed by atoms with E-state index in [1.165, 1.54) is 19.2 Å². The number of carbonyl (C=O) groups is 1. The van der Waals surface area contributed by atoms with Crippen LogP contribution in [0.1, 0.15) is 22.6 Å². The van der Waals surface area contributed by atoms with Crippen molar-refractivity contribution in [1.82, 2.24) is 0 Å². The highest BCUT2D eigenvalue weighted by Crippen LogP contribution is 2.45. The van der Waals surface area contributed by atoms with Gasteiger partial charge in [0.1, 0.15) is 41.3 Å². The number of fused-ring (bicyclic) bond motifs is 1. The highest BCUT2D eigenvalue weighted by Gasteiger charge is 2.32. The van der Waals surface area contributed by atoms with E-state index in [0.29, 0.717) is 44.7 Å². The molecule has 2 N–H and O–H groups in total. The molecule has 0 bridgehead atoms. The highest BCUT2D eigenvalue weighted by molar-refractivity contribution is 6.30. The van der Waals surface area contributed by atoms with Crippen molar-refractivity contribution in [2.45, 2.75) is 12.5 Å². The Morgan fingerprint density at radius 2 is 1.76 bits per heavy atom. The molecule has 42 heavy (non-hydrogen) atoms. The van der Waals surface area contributed by atoms with Crippen molar-refractivity contribution in [2.75, 3.05) is 13.7 Å². The largest absolute Gasteiger partial charge is 0.493 e. The number of benzene rings is 4. The quantitative estimate of drug-likeness (QED) is 0.180. The Kier molecular flexibility index (Phi) is 8.46. The average molecular weight is 587 g/mol. The number of hydrogen-bond acceptors (Lipinski definition) is 8. The van der Waals surface area contributed by atoms with E-state index in [0.717, 1.165) is 0 Å². The molecule has 1 unspecified atom stereocenters. The van der Waals surface area contributed by atoms with Crippen LogP contribution in [0.3, 0.4) is 0 Å². The van der Waals surface area contributed by atoms with Gasteiger partial charge < -0.3 is 29.4 Å². The van der Waals surface area contributed by atoms with Crippen LogP contribution in [0.5, 0.6) is 28.7 Å². The van der Waals surface area contributed by atoms with Gasteiger partial charge in [0.05, 0.1) is 13.0 Å². The van der Waals surface area contributed by atoms with E-state index in [1.54, 1.807) is 72.8 Å². The Morgan fingerprint density at radius 1 is 1.00 bits per heavy atom. The lowest BCUT2D eigenvalue weighted by Crippen LogP contribution is -2.21. The monoisotopic (exact) mass is 586 g/mol. The van der Waals surface area contributed by atoms with E-state index in [1.807, 2.05) is 0 Å². The van der Waals surface area contributed by atoms with Gasteiger partial charge in [-0.1, -0.05) is 41.9 Å². The lowest BCUT2D eigenvalue weighted by Gasteiger charge is -2.27. The van der Waals surface area contributed by atoms with E-state index >= 15 is 0 Å². The number of nitrogens with zero attached hydrogens (tertiary/aromatic N) is 1. The number of esters is 1. The molecular formula is C32H24ClFN2O6. The third-order valence-corrected chi connectivity index (χ3v) is 6.71. The fourth-order valence-corrected chi connectivity index (χ4v) is 4.56. The molecule has 212 valence electrons. The van der Waals surface area contributed by atoms with E-state index in [9.17, 15) is 14.4 Å². The molecule has 4 aromatic carbocycles. The summed E-state index contributed by atoms with van der Waals surface area (Å²) in [5.74, 6) is 0.0941. The van der Waals surface area contributed by atoms with Gasteiger partial charge in [0.2, 0.25) is 5.88 Å². The number of carbonyl (C=O) groups excluding carboxylic acids is 1. The molecule has 8 nitrogen and oxygen atoms in total. The summed E-state index contributed by atoms with van der Waals surface area (Å²) in [5, 5.41) is 10.5. The zero-order valence-electron chi connectivity index (χ0n) is 22.3. The zero-order chi connectivity index (χ0) is 29.6. The number of ether oxygens (including phenoxy) is 5. The van der Waals surface area contributed by atoms with Gasteiger partial charge in [0.25, 0.3) is 0 Å². The second-order valence-electron chi connectivity index (χ2n) is 9.13. The van der Waals surface area contributed by atoms with E-state index < -0.39 is 11.9 Å². The smallest absolute Gasteiger partial charge is 0.349 e. The molecule has 0 saturated heterocycles.